The number of carbonyl (C=O) groups excluding carboxylic acids is 1. The predicted molar refractivity (Wildman–Crippen MR) is 106 cm³/mol. The van der Waals surface area contributed by atoms with Crippen LogP contribution in [0, 0.1) is 0 Å². The molecule has 2 aromatic carbocycles. The Morgan fingerprint density at radius 2 is 1.89 bits per heavy atom. The number of rotatable bonds is 9. The van der Waals surface area contributed by atoms with Gasteiger partial charge in [-0.2, -0.15) is 0 Å². The Hall–Kier alpha value is -3.28. The molecule has 0 heterocycles. The lowest BCUT2D eigenvalue weighted by Crippen LogP contribution is -2.03. The van der Waals surface area contributed by atoms with E-state index < -0.39 is 5.97 Å². The number of carboxylic acid groups (broad SMARTS) is 1. The lowest BCUT2D eigenvalue weighted by atomic mass is 10.0. The van der Waals surface area contributed by atoms with Crippen LogP contribution in [0.1, 0.15) is 47.3 Å². The number of Topliss-reactive ketones (excluding diaryl/α,β-unsaturated/α-hetero) is 1. The molecule has 0 aromatic heterocycles. The van der Waals surface area contributed by atoms with Crippen molar-refractivity contribution in [2.75, 3.05) is 7.11 Å². The largest absolute Gasteiger partial charge is 0.507 e. The number of phenolic OH excluding ortho intramolecular Hbond substituents is 1. The van der Waals surface area contributed by atoms with Gasteiger partial charge in [-0.15, -0.1) is 0 Å². The minimum absolute atomic E-state index is 0.0343. The highest BCUT2D eigenvalue weighted by atomic mass is 16.5. The number of hydrogen-bond acceptors (Lipinski definition) is 5. The molecule has 2 aromatic rings. The Morgan fingerprint density at radius 1 is 1.14 bits per heavy atom. The number of benzene rings is 2. The molecule has 0 aliphatic carbocycles. The Labute approximate surface area is 164 Å². The van der Waals surface area contributed by atoms with Crippen molar-refractivity contribution in [2.24, 2.45) is 0 Å². The first-order chi connectivity index (χ1) is 13.4. The molecule has 0 aliphatic heterocycles. The van der Waals surface area contributed by atoms with Crippen LogP contribution in [-0.2, 0) is 17.8 Å². The van der Waals surface area contributed by atoms with Crippen molar-refractivity contribution >= 4 is 17.8 Å². The maximum atomic E-state index is 11.7. The van der Waals surface area contributed by atoms with Gasteiger partial charge in [0.2, 0.25) is 0 Å². The second kappa shape index (κ2) is 9.60. The first-order valence-corrected chi connectivity index (χ1v) is 8.93. The van der Waals surface area contributed by atoms with E-state index in [4.69, 9.17) is 14.6 Å². The van der Waals surface area contributed by atoms with E-state index in [0.29, 0.717) is 29.0 Å². The van der Waals surface area contributed by atoms with Gasteiger partial charge >= 0.3 is 5.97 Å². The lowest BCUT2D eigenvalue weighted by Gasteiger charge is -2.16. The van der Waals surface area contributed by atoms with E-state index in [9.17, 15) is 14.7 Å². The molecular formula is C22H24O6. The van der Waals surface area contributed by atoms with Crippen LogP contribution >= 0.6 is 0 Å². The third-order valence-electron chi connectivity index (χ3n) is 4.23. The number of aromatic hydroxyl groups is 1. The minimum atomic E-state index is -1.02. The molecule has 2 N–H and O–H groups in total. The van der Waals surface area contributed by atoms with Crippen LogP contribution in [0.5, 0.6) is 17.2 Å². The molecule has 6 nitrogen and oxygen atoms in total. The van der Waals surface area contributed by atoms with Gasteiger partial charge in [-0.1, -0.05) is 25.5 Å². The topological polar surface area (TPSA) is 93.1 Å². The zero-order chi connectivity index (χ0) is 20.7. The number of ether oxygens (including phenoxy) is 2. The molecule has 0 unspecified atom stereocenters. The second-order valence-corrected chi connectivity index (χ2v) is 6.28. The lowest BCUT2D eigenvalue weighted by molar-refractivity contribution is -0.131. The van der Waals surface area contributed by atoms with E-state index in [0.717, 1.165) is 18.1 Å². The molecule has 0 amide bonds. The van der Waals surface area contributed by atoms with Gasteiger partial charge in [0.25, 0.3) is 0 Å². The Bertz CT molecular complexity index is 898. The molecule has 28 heavy (non-hydrogen) atoms. The summed E-state index contributed by atoms with van der Waals surface area (Å²) in [5.74, 6) is -0.180. The van der Waals surface area contributed by atoms with E-state index in [1.165, 1.54) is 20.1 Å². The number of methoxy groups -OCH3 is 1. The van der Waals surface area contributed by atoms with Crippen molar-refractivity contribution in [1.82, 2.24) is 0 Å². The fourth-order valence-corrected chi connectivity index (χ4v) is 2.84. The van der Waals surface area contributed by atoms with Crippen molar-refractivity contribution in [2.45, 2.75) is 33.3 Å². The SMILES string of the molecule is CCCc1c(OCc2ccc(C=CC(=O)O)cc2OC)ccc(C(C)=O)c1O. The summed E-state index contributed by atoms with van der Waals surface area (Å²) in [6, 6.07) is 8.54. The van der Waals surface area contributed by atoms with Crippen molar-refractivity contribution in [3.8, 4) is 17.2 Å². The summed E-state index contributed by atoms with van der Waals surface area (Å²) in [6.07, 6.45) is 3.91. The minimum Gasteiger partial charge on any atom is -0.507 e. The fourth-order valence-electron chi connectivity index (χ4n) is 2.84. The number of carboxylic acids is 1. The number of phenols is 1. The number of aliphatic carboxylic acids is 1. The van der Waals surface area contributed by atoms with E-state index in [-0.39, 0.29) is 23.7 Å². The third-order valence-corrected chi connectivity index (χ3v) is 4.23. The van der Waals surface area contributed by atoms with Gasteiger partial charge in [0, 0.05) is 17.2 Å². The van der Waals surface area contributed by atoms with Crippen molar-refractivity contribution in [1.29, 1.82) is 0 Å². The summed E-state index contributed by atoms with van der Waals surface area (Å²) in [4.78, 5) is 22.3. The van der Waals surface area contributed by atoms with Crippen LogP contribution in [0.25, 0.3) is 6.08 Å². The summed E-state index contributed by atoms with van der Waals surface area (Å²) in [6.45, 7) is 3.59. The predicted octanol–water partition coefficient (Wildman–Crippen LogP) is 4.23. The summed E-state index contributed by atoms with van der Waals surface area (Å²) >= 11 is 0. The molecule has 0 atom stereocenters. The summed E-state index contributed by atoms with van der Waals surface area (Å²) < 4.78 is 11.3. The van der Waals surface area contributed by atoms with Crippen LogP contribution in [-0.4, -0.2) is 29.1 Å². The Kier molecular flexibility index (Phi) is 7.21. The summed E-state index contributed by atoms with van der Waals surface area (Å²) in [7, 11) is 1.53. The highest BCUT2D eigenvalue weighted by Gasteiger charge is 2.16. The maximum absolute atomic E-state index is 11.7. The Balaban J connectivity index is 2.27. The van der Waals surface area contributed by atoms with E-state index >= 15 is 0 Å². The number of hydrogen-bond donors (Lipinski definition) is 2. The van der Waals surface area contributed by atoms with E-state index in [2.05, 4.69) is 0 Å². The molecule has 0 saturated carbocycles. The van der Waals surface area contributed by atoms with Gasteiger partial charge < -0.3 is 19.7 Å². The van der Waals surface area contributed by atoms with E-state index in [1.807, 2.05) is 6.92 Å². The average molecular weight is 384 g/mol. The van der Waals surface area contributed by atoms with Gasteiger partial charge in [-0.3, -0.25) is 4.79 Å². The van der Waals surface area contributed by atoms with Crippen LogP contribution in [0.15, 0.2) is 36.4 Å². The summed E-state index contributed by atoms with van der Waals surface area (Å²) in [5, 5.41) is 19.2. The smallest absolute Gasteiger partial charge is 0.328 e. The normalized spacial score (nSPS) is 10.8. The van der Waals surface area contributed by atoms with Gasteiger partial charge in [-0.05, 0) is 43.2 Å². The first kappa shape index (κ1) is 21.0. The third kappa shape index (κ3) is 5.13. The van der Waals surface area contributed by atoms with Crippen LogP contribution in [0.2, 0.25) is 0 Å². The molecule has 0 fully saturated rings. The maximum Gasteiger partial charge on any atom is 0.328 e. The molecule has 0 bridgehead atoms. The molecule has 2 rings (SSSR count). The van der Waals surface area contributed by atoms with Gasteiger partial charge in [0.05, 0.1) is 12.7 Å². The van der Waals surface area contributed by atoms with Crippen LogP contribution < -0.4 is 9.47 Å². The Morgan fingerprint density at radius 3 is 2.50 bits per heavy atom. The van der Waals surface area contributed by atoms with Gasteiger partial charge in [0.1, 0.15) is 23.9 Å². The van der Waals surface area contributed by atoms with Gasteiger partial charge in [-0.25, -0.2) is 4.79 Å². The van der Waals surface area contributed by atoms with Crippen LogP contribution in [0.4, 0.5) is 0 Å². The molecule has 0 spiro atoms. The highest BCUT2D eigenvalue weighted by molar-refractivity contribution is 5.97. The first-order valence-electron chi connectivity index (χ1n) is 8.93. The molecule has 0 saturated heterocycles. The standard InChI is InChI=1S/C22H24O6/c1-4-5-18-19(10-9-17(14(2)23)22(18)26)28-13-16-8-6-15(7-11-21(24)25)12-20(16)27-3/h6-12,26H,4-5,13H2,1-3H3,(H,24,25). The molecule has 0 radical (unpaired) electrons. The highest BCUT2D eigenvalue weighted by Crippen LogP contribution is 2.34. The number of ketones is 1. The van der Waals surface area contributed by atoms with Crippen molar-refractivity contribution < 1.29 is 29.3 Å². The average Bonchev–Trinajstić information content (AvgIpc) is 2.66. The number of carbonyl (C=O) groups is 2. The fraction of sp³-hybridized carbons (Fsp3) is 0.273. The monoisotopic (exact) mass is 384 g/mol. The molecule has 148 valence electrons. The molecule has 6 heteroatoms. The molecular weight excluding hydrogens is 360 g/mol. The van der Waals surface area contributed by atoms with Gasteiger partial charge in [0.15, 0.2) is 5.78 Å². The van der Waals surface area contributed by atoms with E-state index in [1.54, 1.807) is 30.3 Å². The zero-order valence-electron chi connectivity index (χ0n) is 16.2. The van der Waals surface area contributed by atoms with Crippen LogP contribution in [0.3, 0.4) is 0 Å². The molecule has 0 aliphatic rings. The van der Waals surface area contributed by atoms with Crippen molar-refractivity contribution in [3.05, 3.63) is 58.7 Å². The second-order valence-electron chi connectivity index (χ2n) is 6.28. The van der Waals surface area contributed by atoms with Crippen molar-refractivity contribution in [3.63, 3.8) is 0 Å². The quantitative estimate of drug-likeness (QED) is 0.496. The summed E-state index contributed by atoms with van der Waals surface area (Å²) in [5.41, 5.74) is 2.35. The zero-order valence-corrected chi connectivity index (χ0v) is 16.2.